The zero-order valence-corrected chi connectivity index (χ0v) is 5.30. The lowest BCUT2D eigenvalue weighted by atomic mass is 10.2. The van der Waals surface area contributed by atoms with E-state index in [1.165, 1.54) is 0 Å². The van der Waals surface area contributed by atoms with Crippen LogP contribution in [0.15, 0.2) is 0 Å². The maximum Gasteiger partial charge on any atom is 0.324 e. The summed E-state index contributed by atoms with van der Waals surface area (Å²) in [6, 6.07) is 0. The summed E-state index contributed by atoms with van der Waals surface area (Å²) >= 11 is 0. The highest BCUT2D eigenvalue weighted by Gasteiger charge is 1.97. The highest BCUT2D eigenvalue weighted by Crippen LogP contribution is 1.93. The van der Waals surface area contributed by atoms with Crippen LogP contribution in [0.1, 0.15) is 19.3 Å². The van der Waals surface area contributed by atoms with Gasteiger partial charge in [-0.15, -0.1) is 0 Å². The van der Waals surface area contributed by atoms with E-state index in [0.717, 1.165) is 12.8 Å². The lowest BCUT2D eigenvalue weighted by Gasteiger charge is -1.94. The molecular weight excluding hydrogens is 120 g/mol. The number of nitrogens with two attached hydrogens (primary N) is 2. The van der Waals surface area contributed by atoms with Gasteiger partial charge in [0.1, 0.15) is 0 Å². The van der Waals surface area contributed by atoms with Crippen molar-refractivity contribution in [2.75, 3.05) is 6.54 Å². The van der Waals surface area contributed by atoms with E-state index in [2.05, 4.69) is 10.7 Å². The molecule has 0 atom stereocenters. The topological polar surface area (TPSA) is 78.3 Å². The van der Waals surface area contributed by atoms with Crippen molar-refractivity contribution in [1.82, 2.24) is 0 Å². The summed E-state index contributed by atoms with van der Waals surface area (Å²) in [5.74, 6) is 4.20. The average molecular weight is 132 g/mol. The normalized spacial score (nSPS) is 9.11. The first-order valence-electron chi connectivity index (χ1n) is 2.91. The largest absolute Gasteiger partial charge is 0.373 e. The van der Waals surface area contributed by atoms with Gasteiger partial charge in [-0.3, -0.25) is 4.79 Å². The summed E-state index contributed by atoms with van der Waals surface area (Å²) in [7, 11) is 0. The van der Waals surface area contributed by atoms with Gasteiger partial charge in [-0.25, -0.2) is 0 Å². The van der Waals surface area contributed by atoms with Crippen LogP contribution in [-0.4, -0.2) is 12.5 Å². The van der Waals surface area contributed by atoms with Gasteiger partial charge < -0.3 is 10.6 Å². The molecule has 54 valence electrons. The van der Waals surface area contributed by atoms with Crippen LogP contribution >= 0.6 is 0 Å². The van der Waals surface area contributed by atoms with Crippen molar-refractivity contribution in [3.8, 4) is 0 Å². The molecule has 0 fully saturated rings. The fourth-order valence-corrected chi connectivity index (χ4v) is 0.473. The van der Waals surface area contributed by atoms with Gasteiger partial charge in [0.2, 0.25) is 0 Å². The first-order valence-corrected chi connectivity index (χ1v) is 2.91. The first kappa shape index (κ1) is 8.39. The van der Waals surface area contributed by atoms with E-state index in [1.807, 2.05) is 0 Å². The second-order valence-corrected chi connectivity index (χ2v) is 1.74. The Morgan fingerprint density at radius 1 is 1.44 bits per heavy atom. The molecule has 0 aromatic carbocycles. The summed E-state index contributed by atoms with van der Waals surface area (Å²) in [4.78, 5) is 14.2. The van der Waals surface area contributed by atoms with Gasteiger partial charge in [-0.05, 0) is 19.4 Å². The minimum Gasteiger partial charge on any atom is -0.373 e. The Balaban J connectivity index is 2.97. The molecule has 0 aliphatic heterocycles. The van der Waals surface area contributed by atoms with Gasteiger partial charge in [-0.2, -0.15) is 5.90 Å². The van der Waals surface area contributed by atoms with E-state index >= 15 is 0 Å². The van der Waals surface area contributed by atoms with Crippen molar-refractivity contribution < 1.29 is 9.63 Å². The molecule has 0 aliphatic carbocycles. The molecule has 0 amide bonds. The second kappa shape index (κ2) is 5.53. The molecule has 0 heterocycles. The molecule has 0 bridgehead atoms. The summed E-state index contributed by atoms with van der Waals surface area (Å²) in [5.41, 5.74) is 5.17. The van der Waals surface area contributed by atoms with Crippen molar-refractivity contribution in [2.45, 2.75) is 19.3 Å². The zero-order valence-electron chi connectivity index (χ0n) is 5.30. The van der Waals surface area contributed by atoms with E-state index in [-0.39, 0.29) is 5.97 Å². The third-order valence-corrected chi connectivity index (χ3v) is 0.966. The first-order chi connectivity index (χ1) is 4.31. The fourth-order valence-electron chi connectivity index (χ4n) is 0.473. The Morgan fingerprint density at radius 3 is 2.56 bits per heavy atom. The molecule has 0 aromatic heterocycles. The highest BCUT2D eigenvalue weighted by molar-refractivity contribution is 5.68. The molecule has 4 N–H and O–H groups in total. The number of unbranched alkanes of at least 4 members (excludes halogenated alkanes) is 1. The molecule has 9 heavy (non-hydrogen) atoms. The quantitative estimate of drug-likeness (QED) is 0.400. The average Bonchev–Trinajstić information content (AvgIpc) is 1.89. The molecule has 0 aliphatic rings. The number of carbonyl (C=O) groups excluding carboxylic acids is 1. The maximum absolute atomic E-state index is 10.3. The van der Waals surface area contributed by atoms with E-state index in [4.69, 9.17) is 5.73 Å². The van der Waals surface area contributed by atoms with E-state index < -0.39 is 0 Å². The molecule has 0 saturated carbocycles. The van der Waals surface area contributed by atoms with Crippen molar-refractivity contribution >= 4 is 5.97 Å². The smallest absolute Gasteiger partial charge is 0.324 e. The Hall–Kier alpha value is -0.610. The Morgan fingerprint density at radius 2 is 2.11 bits per heavy atom. The van der Waals surface area contributed by atoms with E-state index in [0.29, 0.717) is 13.0 Å². The molecule has 0 spiro atoms. The molecule has 0 radical (unpaired) electrons. The second-order valence-electron chi connectivity index (χ2n) is 1.74. The predicted molar refractivity (Wildman–Crippen MR) is 33.2 cm³/mol. The van der Waals surface area contributed by atoms with Crippen LogP contribution in [0.25, 0.3) is 0 Å². The molecular formula is C5H12N2O2. The van der Waals surface area contributed by atoms with Crippen LogP contribution in [0.5, 0.6) is 0 Å². The maximum atomic E-state index is 10.3. The SMILES string of the molecule is NCCCCC(=O)ON. The standard InChI is InChI=1S/C5H12N2O2/c6-4-2-1-3-5(8)9-7/h1-4,6-7H2. The molecule has 0 rings (SSSR count). The molecule has 4 heteroatoms. The number of hydrogen-bond donors (Lipinski definition) is 2. The molecule has 0 aromatic rings. The minimum atomic E-state index is -0.372. The van der Waals surface area contributed by atoms with E-state index in [9.17, 15) is 4.79 Å². The summed E-state index contributed by atoms with van der Waals surface area (Å²) < 4.78 is 0. The number of rotatable bonds is 4. The molecule has 0 saturated heterocycles. The van der Waals surface area contributed by atoms with Crippen molar-refractivity contribution in [3.05, 3.63) is 0 Å². The fraction of sp³-hybridized carbons (Fsp3) is 0.800. The summed E-state index contributed by atoms with van der Waals surface area (Å²) in [6.45, 7) is 0.609. The Labute approximate surface area is 54.1 Å². The van der Waals surface area contributed by atoms with Crippen LogP contribution in [0, 0.1) is 0 Å². The van der Waals surface area contributed by atoms with Crippen LogP contribution in [0.4, 0.5) is 0 Å². The highest BCUT2D eigenvalue weighted by atomic mass is 16.7. The van der Waals surface area contributed by atoms with Gasteiger partial charge in [-0.1, -0.05) is 0 Å². The van der Waals surface area contributed by atoms with Crippen LogP contribution in [0.3, 0.4) is 0 Å². The summed E-state index contributed by atoms with van der Waals surface area (Å²) in [5, 5.41) is 0. The van der Waals surface area contributed by atoms with Gasteiger partial charge in [0.25, 0.3) is 0 Å². The van der Waals surface area contributed by atoms with Crippen molar-refractivity contribution in [3.63, 3.8) is 0 Å². The van der Waals surface area contributed by atoms with Gasteiger partial charge in [0.05, 0.1) is 0 Å². The van der Waals surface area contributed by atoms with E-state index in [1.54, 1.807) is 0 Å². The van der Waals surface area contributed by atoms with Crippen molar-refractivity contribution in [2.24, 2.45) is 11.6 Å². The third-order valence-electron chi connectivity index (χ3n) is 0.966. The molecule has 4 nitrogen and oxygen atoms in total. The lowest BCUT2D eigenvalue weighted by Crippen LogP contribution is -2.10. The molecule has 0 unspecified atom stereocenters. The van der Waals surface area contributed by atoms with Gasteiger partial charge in [0.15, 0.2) is 0 Å². The van der Waals surface area contributed by atoms with Crippen LogP contribution in [0.2, 0.25) is 0 Å². The van der Waals surface area contributed by atoms with Gasteiger partial charge in [0, 0.05) is 6.42 Å². The monoisotopic (exact) mass is 132 g/mol. The van der Waals surface area contributed by atoms with Crippen molar-refractivity contribution in [1.29, 1.82) is 0 Å². The minimum absolute atomic E-state index is 0.369. The van der Waals surface area contributed by atoms with Crippen LogP contribution in [-0.2, 0) is 9.63 Å². The predicted octanol–water partition coefficient (Wildman–Crippen LogP) is -0.468. The lowest BCUT2D eigenvalue weighted by molar-refractivity contribution is -0.144. The summed E-state index contributed by atoms with van der Waals surface area (Å²) in [6.07, 6.45) is 1.97. The van der Waals surface area contributed by atoms with Gasteiger partial charge >= 0.3 is 5.97 Å². The van der Waals surface area contributed by atoms with Crippen LogP contribution < -0.4 is 11.6 Å². The Bertz CT molecular complexity index is 85.0. The number of hydrogen-bond acceptors (Lipinski definition) is 4. The number of carbonyl (C=O) groups is 1. The third kappa shape index (κ3) is 5.26. The Kier molecular flexibility index (Phi) is 5.15. The zero-order chi connectivity index (χ0) is 7.11.